The molecule has 0 aromatic heterocycles. The average Bonchev–Trinajstić information content (AvgIpc) is 2.62. The van der Waals surface area contributed by atoms with E-state index in [1.54, 1.807) is 18.2 Å². The van der Waals surface area contributed by atoms with E-state index in [0.29, 0.717) is 11.8 Å². The van der Waals surface area contributed by atoms with Gasteiger partial charge in [-0.15, -0.1) is 0 Å². The Bertz CT molecular complexity index is 716. The molecule has 0 spiro atoms. The largest absolute Gasteiger partial charge is 0.507 e. The monoisotopic (exact) mass is 309 g/mol. The molecule has 2 aromatic carbocycles. The lowest BCUT2D eigenvalue weighted by Crippen LogP contribution is -2.35. The van der Waals surface area contributed by atoms with Crippen LogP contribution in [0.15, 0.2) is 42.5 Å². The van der Waals surface area contributed by atoms with Crippen molar-refractivity contribution >= 4 is 12.2 Å². The number of carbonyl (C=O) groups is 2. The van der Waals surface area contributed by atoms with Gasteiger partial charge in [-0.2, -0.15) is 0 Å². The van der Waals surface area contributed by atoms with Crippen LogP contribution in [-0.2, 0) is 0 Å². The number of piperidine rings is 1. The van der Waals surface area contributed by atoms with E-state index >= 15 is 0 Å². The van der Waals surface area contributed by atoms with Crippen molar-refractivity contribution < 1.29 is 14.7 Å². The summed E-state index contributed by atoms with van der Waals surface area (Å²) in [6.07, 6.45) is 3.97. The Morgan fingerprint density at radius 3 is 2.22 bits per heavy atom. The van der Waals surface area contributed by atoms with Crippen molar-refractivity contribution in [2.24, 2.45) is 0 Å². The molecule has 0 radical (unpaired) electrons. The van der Waals surface area contributed by atoms with Crippen LogP contribution in [0.2, 0.25) is 0 Å². The van der Waals surface area contributed by atoms with Crippen molar-refractivity contribution in [1.29, 1.82) is 0 Å². The van der Waals surface area contributed by atoms with Gasteiger partial charge in [0.15, 0.2) is 6.29 Å². The van der Waals surface area contributed by atoms with Crippen molar-refractivity contribution in [3.05, 3.63) is 53.6 Å². The number of likely N-dealkylation sites (tertiary alicyclic amines) is 1. The normalized spacial score (nSPS) is 14.5. The second-order valence-corrected chi connectivity index (χ2v) is 5.82. The van der Waals surface area contributed by atoms with Crippen LogP contribution in [0.4, 0.5) is 0 Å². The molecule has 4 nitrogen and oxygen atoms in total. The van der Waals surface area contributed by atoms with Gasteiger partial charge in [-0.3, -0.25) is 9.59 Å². The van der Waals surface area contributed by atoms with E-state index < -0.39 is 0 Å². The molecule has 1 saturated heterocycles. The smallest absolute Gasteiger partial charge is 0.253 e. The molecule has 1 N–H and O–H groups in total. The summed E-state index contributed by atoms with van der Waals surface area (Å²) in [6, 6.07) is 12.3. The second-order valence-electron chi connectivity index (χ2n) is 5.82. The number of phenolic OH excluding ortho intramolecular Hbond substituents is 1. The summed E-state index contributed by atoms with van der Waals surface area (Å²) in [5.74, 6) is 0.0429. The Morgan fingerprint density at radius 1 is 0.957 bits per heavy atom. The van der Waals surface area contributed by atoms with Crippen molar-refractivity contribution in [2.45, 2.75) is 19.3 Å². The summed E-state index contributed by atoms with van der Waals surface area (Å²) in [4.78, 5) is 25.1. The molecule has 0 saturated carbocycles. The first-order valence-electron chi connectivity index (χ1n) is 7.87. The molecule has 1 amide bonds. The predicted molar refractivity (Wildman–Crippen MR) is 88.7 cm³/mol. The molecule has 1 aliphatic rings. The molecule has 2 aromatic rings. The summed E-state index contributed by atoms with van der Waals surface area (Å²) in [5, 5.41) is 9.77. The minimum absolute atomic E-state index is 0.0361. The Hall–Kier alpha value is -2.62. The zero-order valence-corrected chi connectivity index (χ0v) is 12.9. The standard InChI is InChI=1S/C19H19NO3/c21-13-17-9-8-16(12-18(17)22)14-4-6-15(7-5-14)19(23)20-10-2-1-3-11-20/h4-9,12-13,22H,1-3,10-11H2. The number of aldehydes is 1. The highest BCUT2D eigenvalue weighted by Gasteiger charge is 2.18. The van der Waals surface area contributed by atoms with E-state index in [4.69, 9.17) is 0 Å². The van der Waals surface area contributed by atoms with Gasteiger partial charge in [0.05, 0.1) is 5.56 Å². The zero-order chi connectivity index (χ0) is 16.2. The van der Waals surface area contributed by atoms with Gasteiger partial charge in [0.1, 0.15) is 5.75 Å². The highest BCUT2D eigenvalue weighted by atomic mass is 16.3. The molecular formula is C19H19NO3. The number of hydrogen-bond acceptors (Lipinski definition) is 3. The van der Waals surface area contributed by atoms with Crippen LogP contribution in [0.25, 0.3) is 11.1 Å². The highest BCUT2D eigenvalue weighted by Crippen LogP contribution is 2.26. The minimum atomic E-state index is -0.0361. The number of nitrogens with zero attached hydrogens (tertiary/aromatic N) is 1. The molecular weight excluding hydrogens is 290 g/mol. The van der Waals surface area contributed by atoms with Crippen molar-refractivity contribution in [3.63, 3.8) is 0 Å². The van der Waals surface area contributed by atoms with Crippen LogP contribution < -0.4 is 0 Å². The lowest BCUT2D eigenvalue weighted by Gasteiger charge is -2.26. The van der Waals surface area contributed by atoms with Gasteiger partial charge in [-0.25, -0.2) is 0 Å². The fourth-order valence-electron chi connectivity index (χ4n) is 2.91. The van der Waals surface area contributed by atoms with Crippen LogP contribution in [0.3, 0.4) is 0 Å². The van der Waals surface area contributed by atoms with Crippen molar-refractivity contribution in [1.82, 2.24) is 4.90 Å². The first kappa shape index (κ1) is 15.3. The van der Waals surface area contributed by atoms with Crippen LogP contribution in [0.5, 0.6) is 5.75 Å². The van der Waals surface area contributed by atoms with Gasteiger partial charge in [0.2, 0.25) is 0 Å². The number of hydrogen-bond donors (Lipinski definition) is 1. The van der Waals surface area contributed by atoms with Gasteiger partial charge >= 0.3 is 0 Å². The molecule has 0 atom stereocenters. The summed E-state index contributed by atoms with van der Waals surface area (Å²) < 4.78 is 0. The maximum Gasteiger partial charge on any atom is 0.253 e. The summed E-state index contributed by atoms with van der Waals surface area (Å²) in [6.45, 7) is 1.67. The fraction of sp³-hybridized carbons (Fsp3) is 0.263. The minimum Gasteiger partial charge on any atom is -0.507 e. The molecule has 0 aliphatic carbocycles. The summed E-state index contributed by atoms with van der Waals surface area (Å²) >= 11 is 0. The quantitative estimate of drug-likeness (QED) is 0.883. The second kappa shape index (κ2) is 6.65. The van der Waals surface area contributed by atoms with Crippen LogP contribution >= 0.6 is 0 Å². The Balaban J connectivity index is 1.80. The molecule has 1 heterocycles. The fourth-order valence-corrected chi connectivity index (χ4v) is 2.91. The number of amides is 1. The number of phenols is 1. The molecule has 23 heavy (non-hydrogen) atoms. The third-order valence-electron chi connectivity index (χ3n) is 4.27. The lowest BCUT2D eigenvalue weighted by molar-refractivity contribution is 0.0724. The number of benzene rings is 2. The Morgan fingerprint density at radius 2 is 1.61 bits per heavy atom. The molecule has 1 aliphatic heterocycles. The molecule has 0 unspecified atom stereocenters. The zero-order valence-electron chi connectivity index (χ0n) is 12.9. The van der Waals surface area contributed by atoms with Gasteiger partial charge in [0, 0.05) is 18.7 Å². The molecule has 1 fully saturated rings. The van der Waals surface area contributed by atoms with E-state index in [1.807, 2.05) is 29.2 Å². The lowest BCUT2D eigenvalue weighted by atomic mass is 10.0. The topological polar surface area (TPSA) is 57.6 Å². The van der Waals surface area contributed by atoms with E-state index in [1.165, 1.54) is 6.42 Å². The molecule has 118 valence electrons. The number of carbonyl (C=O) groups excluding carboxylic acids is 2. The maximum atomic E-state index is 12.4. The van der Waals surface area contributed by atoms with Gasteiger partial charge in [-0.05, 0) is 54.7 Å². The van der Waals surface area contributed by atoms with E-state index in [9.17, 15) is 14.7 Å². The average molecular weight is 309 g/mol. The summed E-state index contributed by atoms with van der Waals surface area (Å²) in [7, 11) is 0. The molecule has 3 rings (SSSR count). The maximum absolute atomic E-state index is 12.4. The van der Waals surface area contributed by atoms with Gasteiger partial charge in [0.25, 0.3) is 5.91 Å². The molecule has 4 heteroatoms. The SMILES string of the molecule is O=Cc1ccc(-c2ccc(C(=O)N3CCCCC3)cc2)cc1O. The Kier molecular flexibility index (Phi) is 4.42. The first-order chi connectivity index (χ1) is 11.2. The van der Waals surface area contributed by atoms with E-state index in [-0.39, 0.29) is 17.2 Å². The predicted octanol–water partition coefficient (Wildman–Crippen LogP) is 3.50. The van der Waals surface area contributed by atoms with Crippen LogP contribution in [0, 0.1) is 0 Å². The van der Waals surface area contributed by atoms with Gasteiger partial charge in [-0.1, -0.05) is 18.2 Å². The van der Waals surface area contributed by atoms with Crippen molar-refractivity contribution in [3.8, 4) is 16.9 Å². The van der Waals surface area contributed by atoms with Gasteiger partial charge < -0.3 is 10.0 Å². The Labute approximate surface area is 135 Å². The van der Waals surface area contributed by atoms with E-state index in [2.05, 4.69) is 0 Å². The van der Waals surface area contributed by atoms with E-state index in [0.717, 1.165) is 37.1 Å². The molecule has 0 bridgehead atoms. The van der Waals surface area contributed by atoms with Crippen LogP contribution in [0.1, 0.15) is 40.0 Å². The third-order valence-corrected chi connectivity index (χ3v) is 4.27. The first-order valence-corrected chi connectivity index (χ1v) is 7.87. The number of aromatic hydroxyl groups is 1. The summed E-state index contributed by atoms with van der Waals surface area (Å²) in [5.41, 5.74) is 2.66. The number of rotatable bonds is 3. The third kappa shape index (κ3) is 3.26. The van der Waals surface area contributed by atoms with Crippen molar-refractivity contribution in [2.75, 3.05) is 13.1 Å². The van der Waals surface area contributed by atoms with Crippen LogP contribution in [-0.4, -0.2) is 35.3 Å². The highest BCUT2D eigenvalue weighted by molar-refractivity contribution is 5.94.